The van der Waals surface area contributed by atoms with Crippen LogP contribution >= 0.6 is 24.0 Å². The van der Waals surface area contributed by atoms with Crippen molar-refractivity contribution in [3.05, 3.63) is 18.0 Å². The minimum absolute atomic E-state index is 0. The summed E-state index contributed by atoms with van der Waals surface area (Å²) < 4.78 is 19.7. The van der Waals surface area contributed by atoms with Gasteiger partial charge in [-0.2, -0.15) is 5.10 Å². The van der Waals surface area contributed by atoms with Crippen molar-refractivity contribution in [3.63, 3.8) is 0 Å². The zero-order chi connectivity index (χ0) is 18.4. The van der Waals surface area contributed by atoms with Crippen molar-refractivity contribution in [2.75, 3.05) is 38.5 Å². The van der Waals surface area contributed by atoms with Crippen LogP contribution in [0.5, 0.6) is 0 Å². The van der Waals surface area contributed by atoms with E-state index in [1.54, 1.807) is 4.68 Å². The van der Waals surface area contributed by atoms with Gasteiger partial charge < -0.3 is 15.0 Å². The van der Waals surface area contributed by atoms with Gasteiger partial charge in [-0.25, -0.2) is 0 Å². The van der Waals surface area contributed by atoms with E-state index in [0.29, 0.717) is 18.9 Å². The molecule has 2 unspecified atom stereocenters. The minimum Gasteiger partial charge on any atom is -0.370 e. The first-order valence-electron chi connectivity index (χ1n) is 8.83. The lowest BCUT2D eigenvalue weighted by molar-refractivity contribution is -0.00802. The third-order valence-corrected chi connectivity index (χ3v) is 5.94. The Labute approximate surface area is 176 Å². The summed E-state index contributed by atoms with van der Waals surface area (Å²) in [5.41, 5.74) is 1.08. The number of ether oxygens (including phenoxy) is 1. The molecule has 1 aliphatic rings. The number of halogens is 1. The maximum absolute atomic E-state index is 12.2. The normalized spacial score (nSPS) is 19.8. The van der Waals surface area contributed by atoms with Gasteiger partial charge in [0, 0.05) is 53.2 Å². The number of aryl methyl sites for hydroxylation is 1. The molecule has 0 aromatic carbocycles. The molecule has 150 valence electrons. The summed E-state index contributed by atoms with van der Waals surface area (Å²) in [6, 6.07) is 0. The lowest BCUT2D eigenvalue weighted by atomic mass is 10.1. The van der Waals surface area contributed by atoms with Crippen LogP contribution in [0.4, 0.5) is 0 Å². The van der Waals surface area contributed by atoms with Crippen LogP contribution < -0.4 is 5.32 Å². The highest BCUT2D eigenvalue weighted by atomic mass is 127. The monoisotopic (exact) mass is 497 g/mol. The molecule has 26 heavy (non-hydrogen) atoms. The highest BCUT2D eigenvalue weighted by molar-refractivity contribution is 14.0. The molecule has 2 atom stereocenters. The Bertz CT molecular complexity index is 615. The van der Waals surface area contributed by atoms with Crippen LogP contribution in [0.2, 0.25) is 0 Å². The quantitative estimate of drug-likeness (QED) is 0.383. The number of nitrogens with one attached hydrogen (secondary N) is 1. The molecule has 1 aliphatic heterocycles. The topological polar surface area (TPSA) is 71.8 Å². The number of hydrogen-bond donors (Lipinski definition) is 1. The van der Waals surface area contributed by atoms with E-state index >= 15 is 0 Å². The molecule has 0 aliphatic carbocycles. The molecular formula is C17H32IN5O2S. The molecule has 2 heterocycles. The SMILES string of the molecule is CCNC(=NCCS(=O)C(C)(C)C)N1CCOC(c2cnn(C)c2)C1.I. The Hall–Kier alpha value is -0.680. The Balaban J connectivity index is 0.00000338. The van der Waals surface area contributed by atoms with E-state index in [9.17, 15) is 4.21 Å². The molecule has 0 amide bonds. The van der Waals surface area contributed by atoms with Crippen molar-refractivity contribution in [2.45, 2.75) is 38.5 Å². The van der Waals surface area contributed by atoms with Gasteiger partial charge in [0.1, 0.15) is 6.10 Å². The maximum Gasteiger partial charge on any atom is 0.194 e. The Morgan fingerprint density at radius 2 is 2.23 bits per heavy atom. The summed E-state index contributed by atoms with van der Waals surface area (Å²) in [5.74, 6) is 1.44. The summed E-state index contributed by atoms with van der Waals surface area (Å²) in [6.07, 6.45) is 3.84. The number of hydrogen-bond acceptors (Lipinski definition) is 4. The Kier molecular flexibility index (Phi) is 9.53. The zero-order valence-electron chi connectivity index (χ0n) is 16.4. The van der Waals surface area contributed by atoms with E-state index in [2.05, 4.69) is 27.2 Å². The van der Waals surface area contributed by atoms with E-state index in [1.807, 2.05) is 40.2 Å². The molecule has 1 aromatic rings. The molecule has 2 rings (SSSR count). The molecule has 1 fully saturated rings. The van der Waals surface area contributed by atoms with E-state index in [0.717, 1.165) is 31.2 Å². The van der Waals surface area contributed by atoms with Crippen LogP contribution in [0.1, 0.15) is 39.4 Å². The van der Waals surface area contributed by atoms with Gasteiger partial charge in [0.15, 0.2) is 5.96 Å². The van der Waals surface area contributed by atoms with Crippen LogP contribution in [0.3, 0.4) is 0 Å². The van der Waals surface area contributed by atoms with Crippen LogP contribution in [0, 0.1) is 0 Å². The first-order valence-corrected chi connectivity index (χ1v) is 10.1. The fourth-order valence-corrected chi connectivity index (χ4v) is 3.49. The zero-order valence-corrected chi connectivity index (χ0v) is 19.5. The standard InChI is InChI=1S/C17H31N5O2S.HI/c1-6-18-16(19-7-10-25(23)17(2,3)4)22-8-9-24-15(13-22)14-11-20-21(5)12-14;/h11-12,15H,6-10,13H2,1-5H3,(H,18,19);1H. The fraction of sp³-hybridized carbons (Fsp3) is 0.765. The number of aliphatic imine (C=N–C) groups is 1. The summed E-state index contributed by atoms with van der Waals surface area (Å²) >= 11 is 0. The Morgan fingerprint density at radius 3 is 2.81 bits per heavy atom. The van der Waals surface area contributed by atoms with Crippen molar-refractivity contribution in [1.82, 2.24) is 20.0 Å². The summed E-state index contributed by atoms with van der Waals surface area (Å²) in [5, 5.41) is 7.57. The molecule has 0 saturated carbocycles. The molecule has 0 radical (unpaired) electrons. The lowest BCUT2D eigenvalue weighted by Crippen LogP contribution is -2.48. The lowest BCUT2D eigenvalue weighted by Gasteiger charge is -2.34. The Morgan fingerprint density at radius 1 is 1.50 bits per heavy atom. The number of morpholine rings is 1. The van der Waals surface area contributed by atoms with Crippen molar-refractivity contribution < 1.29 is 8.95 Å². The molecule has 1 aromatic heterocycles. The molecule has 9 heteroatoms. The fourth-order valence-electron chi connectivity index (χ4n) is 2.62. The number of guanidine groups is 1. The predicted molar refractivity (Wildman–Crippen MR) is 118 cm³/mol. The molecule has 0 bridgehead atoms. The van der Waals surface area contributed by atoms with Gasteiger partial charge in [-0.1, -0.05) is 0 Å². The number of rotatable bonds is 5. The van der Waals surface area contributed by atoms with Crippen LogP contribution in [-0.4, -0.2) is 68.1 Å². The van der Waals surface area contributed by atoms with Gasteiger partial charge in [-0.15, -0.1) is 24.0 Å². The van der Waals surface area contributed by atoms with Crippen LogP contribution in [-0.2, 0) is 22.6 Å². The van der Waals surface area contributed by atoms with Gasteiger partial charge in [0.05, 0.1) is 25.9 Å². The first-order chi connectivity index (χ1) is 11.8. The van der Waals surface area contributed by atoms with Crippen molar-refractivity contribution in [2.24, 2.45) is 12.0 Å². The number of nitrogens with zero attached hydrogens (tertiary/aromatic N) is 4. The molecule has 1 N–H and O–H groups in total. The van der Waals surface area contributed by atoms with Crippen molar-refractivity contribution in [3.8, 4) is 0 Å². The maximum atomic E-state index is 12.2. The third kappa shape index (κ3) is 6.80. The van der Waals surface area contributed by atoms with Gasteiger partial charge >= 0.3 is 0 Å². The first kappa shape index (κ1) is 23.4. The average Bonchev–Trinajstić information content (AvgIpc) is 2.99. The van der Waals surface area contributed by atoms with Crippen LogP contribution in [0.15, 0.2) is 17.4 Å². The number of aromatic nitrogens is 2. The smallest absolute Gasteiger partial charge is 0.194 e. The summed E-state index contributed by atoms with van der Waals surface area (Å²) in [7, 11) is 1.02. The van der Waals surface area contributed by atoms with Gasteiger partial charge in [0.2, 0.25) is 0 Å². The molecule has 7 nitrogen and oxygen atoms in total. The van der Waals surface area contributed by atoms with Crippen molar-refractivity contribution >= 4 is 40.7 Å². The predicted octanol–water partition coefficient (Wildman–Crippen LogP) is 1.92. The second-order valence-electron chi connectivity index (χ2n) is 7.15. The van der Waals surface area contributed by atoms with Crippen molar-refractivity contribution in [1.29, 1.82) is 0 Å². The highest BCUT2D eigenvalue weighted by Crippen LogP contribution is 2.21. The van der Waals surface area contributed by atoms with E-state index < -0.39 is 10.8 Å². The largest absolute Gasteiger partial charge is 0.370 e. The third-order valence-electron chi connectivity index (χ3n) is 4.02. The molecule has 0 spiro atoms. The van der Waals surface area contributed by atoms with Crippen LogP contribution in [0.25, 0.3) is 0 Å². The summed E-state index contributed by atoms with van der Waals surface area (Å²) in [4.78, 5) is 6.90. The average molecular weight is 497 g/mol. The summed E-state index contributed by atoms with van der Waals surface area (Å²) in [6.45, 7) is 11.6. The molecular weight excluding hydrogens is 465 g/mol. The highest BCUT2D eigenvalue weighted by Gasteiger charge is 2.25. The second kappa shape index (κ2) is 10.6. The second-order valence-corrected chi connectivity index (χ2v) is 9.47. The van der Waals surface area contributed by atoms with E-state index in [-0.39, 0.29) is 34.8 Å². The van der Waals surface area contributed by atoms with E-state index in [4.69, 9.17) is 4.74 Å². The molecule has 1 saturated heterocycles. The van der Waals surface area contributed by atoms with Gasteiger partial charge in [-0.05, 0) is 27.7 Å². The van der Waals surface area contributed by atoms with Gasteiger partial charge in [-0.3, -0.25) is 13.9 Å². The minimum atomic E-state index is -0.886. The van der Waals surface area contributed by atoms with Gasteiger partial charge in [0.25, 0.3) is 0 Å². The van der Waals surface area contributed by atoms with E-state index in [1.165, 1.54) is 0 Å².